The molecule has 0 spiro atoms. The summed E-state index contributed by atoms with van der Waals surface area (Å²) in [5.41, 5.74) is 0. The summed E-state index contributed by atoms with van der Waals surface area (Å²) in [6.45, 7) is 3.27. The smallest absolute Gasteiger partial charge is 0.220 e. The Morgan fingerprint density at radius 2 is 1.74 bits per heavy atom. The van der Waals surface area contributed by atoms with Crippen molar-refractivity contribution in [2.24, 2.45) is 11.8 Å². The summed E-state index contributed by atoms with van der Waals surface area (Å²) in [7, 11) is 2.18. The van der Waals surface area contributed by atoms with Gasteiger partial charge in [-0.3, -0.25) is 4.79 Å². The second-order valence-corrected chi connectivity index (χ2v) is 6.59. The molecule has 0 bridgehead atoms. The molecule has 1 amide bonds. The van der Waals surface area contributed by atoms with E-state index in [0.717, 1.165) is 25.3 Å². The molecule has 0 radical (unpaired) electrons. The van der Waals surface area contributed by atoms with Crippen LogP contribution in [0.5, 0.6) is 0 Å². The Bertz CT molecular complexity index is 266. The van der Waals surface area contributed by atoms with Crippen LogP contribution in [0.1, 0.15) is 57.8 Å². The van der Waals surface area contributed by atoms with E-state index in [1.165, 1.54) is 58.0 Å². The third-order valence-corrected chi connectivity index (χ3v) is 4.93. The van der Waals surface area contributed by atoms with Gasteiger partial charge in [0.15, 0.2) is 0 Å². The number of likely N-dealkylation sites (tertiary alicyclic amines) is 1. The van der Waals surface area contributed by atoms with Crippen molar-refractivity contribution in [3.63, 3.8) is 0 Å². The fraction of sp³-hybridized carbons (Fsp3) is 0.938. The highest BCUT2D eigenvalue weighted by atomic mass is 16.1. The van der Waals surface area contributed by atoms with Gasteiger partial charge in [-0.2, -0.15) is 0 Å². The first kappa shape index (κ1) is 14.8. The predicted molar refractivity (Wildman–Crippen MR) is 79.0 cm³/mol. The van der Waals surface area contributed by atoms with Crippen LogP contribution in [0.2, 0.25) is 0 Å². The van der Waals surface area contributed by atoms with E-state index < -0.39 is 0 Å². The fourth-order valence-corrected chi connectivity index (χ4v) is 3.42. The minimum atomic E-state index is 0.282. The zero-order valence-corrected chi connectivity index (χ0v) is 12.5. The van der Waals surface area contributed by atoms with E-state index in [0.29, 0.717) is 5.92 Å². The number of carbonyl (C=O) groups is 1. The lowest BCUT2D eigenvalue weighted by atomic mass is 9.86. The topological polar surface area (TPSA) is 32.3 Å². The first-order chi connectivity index (χ1) is 9.24. The molecule has 0 unspecified atom stereocenters. The van der Waals surface area contributed by atoms with Crippen LogP contribution in [0.4, 0.5) is 0 Å². The zero-order chi connectivity index (χ0) is 13.5. The molecule has 3 heteroatoms. The molecule has 110 valence electrons. The van der Waals surface area contributed by atoms with Crippen LogP contribution in [-0.4, -0.2) is 37.5 Å². The van der Waals surface area contributed by atoms with Crippen molar-refractivity contribution >= 4 is 5.91 Å². The predicted octanol–water partition coefficient (Wildman–Crippen LogP) is 2.80. The van der Waals surface area contributed by atoms with Crippen molar-refractivity contribution in [1.29, 1.82) is 0 Å². The minimum absolute atomic E-state index is 0.282. The number of nitrogens with zero attached hydrogens (tertiary/aromatic N) is 1. The monoisotopic (exact) mass is 266 g/mol. The van der Waals surface area contributed by atoms with E-state index in [2.05, 4.69) is 17.3 Å². The molecule has 1 heterocycles. The van der Waals surface area contributed by atoms with Gasteiger partial charge in [0, 0.05) is 13.0 Å². The molecule has 0 atom stereocenters. The van der Waals surface area contributed by atoms with Crippen molar-refractivity contribution in [3.8, 4) is 0 Å². The lowest BCUT2D eigenvalue weighted by Gasteiger charge is -2.29. The highest BCUT2D eigenvalue weighted by Crippen LogP contribution is 2.27. The SMILES string of the molecule is CN1CCC(CNC(=O)CCC2CCCCC2)CC1. The Balaban J connectivity index is 1.54. The molecule has 1 aliphatic heterocycles. The molecule has 1 N–H and O–H groups in total. The lowest BCUT2D eigenvalue weighted by molar-refractivity contribution is -0.121. The van der Waals surface area contributed by atoms with E-state index >= 15 is 0 Å². The van der Waals surface area contributed by atoms with E-state index in [9.17, 15) is 4.79 Å². The third kappa shape index (κ3) is 5.52. The molecule has 2 fully saturated rings. The van der Waals surface area contributed by atoms with Crippen LogP contribution in [-0.2, 0) is 4.79 Å². The van der Waals surface area contributed by atoms with Crippen LogP contribution in [0.3, 0.4) is 0 Å². The Labute approximate surface area is 118 Å². The quantitative estimate of drug-likeness (QED) is 0.830. The van der Waals surface area contributed by atoms with Gasteiger partial charge in [-0.1, -0.05) is 32.1 Å². The van der Waals surface area contributed by atoms with Gasteiger partial charge in [0.25, 0.3) is 0 Å². The maximum Gasteiger partial charge on any atom is 0.220 e. The highest BCUT2D eigenvalue weighted by molar-refractivity contribution is 5.75. The summed E-state index contributed by atoms with van der Waals surface area (Å²) >= 11 is 0. The molecule has 3 nitrogen and oxygen atoms in total. The molecular formula is C16H30N2O. The molecule has 2 aliphatic rings. The van der Waals surface area contributed by atoms with Gasteiger partial charge in [-0.15, -0.1) is 0 Å². The molecule has 1 saturated heterocycles. The Morgan fingerprint density at radius 3 is 2.42 bits per heavy atom. The summed E-state index contributed by atoms with van der Waals surface area (Å²) in [5, 5.41) is 3.15. The molecule has 0 aromatic rings. The molecule has 1 saturated carbocycles. The molecule has 1 aliphatic carbocycles. The van der Waals surface area contributed by atoms with Crippen molar-refractivity contribution in [3.05, 3.63) is 0 Å². The van der Waals surface area contributed by atoms with Gasteiger partial charge >= 0.3 is 0 Å². The largest absolute Gasteiger partial charge is 0.356 e. The van der Waals surface area contributed by atoms with Crippen molar-refractivity contribution in [1.82, 2.24) is 10.2 Å². The first-order valence-electron chi connectivity index (χ1n) is 8.19. The summed E-state index contributed by atoms with van der Waals surface area (Å²) in [6.07, 6.45) is 11.2. The number of piperidine rings is 1. The minimum Gasteiger partial charge on any atom is -0.356 e. The number of carbonyl (C=O) groups excluding carboxylic acids is 1. The second-order valence-electron chi connectivity index (χ2n) is 6.59. The Kier molecular flexibility index (Phi) is 6.15. The fourth-order valence-electron chi connectivity index (χ4n) is 3.42. The van der Waals surface area contributed by atoms with E-state index in [1.807, 2.05) is 0 Å². The number of amides is 1. The number of rotatable bonds is 5. The summed E-state index contributed by atoms with van der Waals surface area (Å²) < 4.78 is 0. The van der Waals surface area contributed by atoms with Gasteiger partial charge in [0.1, 0.15) is 0 Å². The molecular weight excluding hydrogens is 236 g/mol. The molecule has 2 rings (SSSR count). The third-order valence-electron chi connectivity index (χ3n) is 4.93. The van der Waals surface area contributed by atoms with Crippen LogP contribution in [0.15, 0.2) is 0 Å². The van der Waals surface area contributed by atoms with Crippen LogP contribution >= 0.6 is 0 Å². The Morgan fingerprint density at radius 1 is 1.05 bits per heavy atom. The lowest BCUT2D eigenvalue weighted by Crippen LogP contribution is -2.36. The molecule has 0 aromatic heterocycles. The van der Waals surface area contributed by atoms with Crippen LogP contribution < -0.4 is 5.32 Å². The van der Waals surface area contributed by atoms with E-state index in [4.69, 9.17) is 0 Å². The zero-order valence-electron chi connectivity index (χ0n) is 12.5. The second kappa shape index (κ2) is 7.88. The average Bonchev–Trinajstić information content (AvgIpc) is 2.45. The van der Waals surface area contributed by atoms with Crippen LogP contribution in [0.25, 0.3) is 0 Å². The highest BCUT2D eigenvalue weighted by Gasteiger charge is 2.18. The van der Waals surface area contributed by atoms with Gasteiger partial charge in [-0.25, -0.2) is 0 Å². The van der Waals surface area contributed by atoms with Crippen molar-refractivity contribution in [2.75, 3.05) is 26.7 Å². The van der Waals surface area contributed by atoms with Crippen LogP contribution in [0, 0.1) is 11.8 Å². The molecule has 0 aromatic carbocycles. The standard InChI is InChI=1S/C16H30N2O/c1-18-11-9-15(10-12-18)13-17-16(19)8-7-14-5-3-2-4-6-14/h14-15H,2-13H2,1H3,(H,17,19). The van der Waals surface area contributed by atoms with Gasteiger partial charge < -0.3 is 10.2 Å². The number of hydrogen-bond donors (Lipinski definition) is 1. The van der Waals surface area contributed by atoms with Crippen molar-refractivity contribution in [2.45, 2.75) is 57.8 Å². The summed E-state index contributed by atoms with van der Waals surface area (Å²) in [4.78, 5) is 14.2. The summed E-state index contributed by atoms with van der Waals surface area (Å²) in [5.74, 6) is 1.81. The maximum absolute atomic E-state index is 11.9. The number of nitrogens with one attached hydrogen (secondary N) is 1. The summed E-state index contributed by atoms with van der Waals surface area (Å²) in [6, 6.07) is 0. The molecule has 19 heavy (non-hydrogen) atoms. The number of hydrogen-bond acceptors (Lipinski definition) is 2. The van der Waals surface area contributed by atoms with E-state index in [1.54, 1.807) is 0 Å². The normalized spacial score (nSPS) is 23.4. The Hall–Kier alpha value is -0.570. The maximum atomic E-state index is 11.9. The van der Waals surface area contributed by atoms with Gasteiger partial charge in [-0.05, 0) is 51.2 Å². The van der Waals surface area contributed by atoms with E-state index in [-0.39, 0.29) is 5.91 Å². The average molecular weight is 266 g/mol. The first-order valence-corrected chi connectivity index (χ1v) is 8.19. The van der Waals surface area contributed by atoms with Gasteiger partial charge in [0.2, 0.25) is 5.91 Å². The van der Waals surface area contributed by atoms with Crippen molar-refractivity contribution < 1.29 is 4.79 Å². The van der Waals surface area contributed by atoms with Gasteiger partial charge in [0.05, 0.1) is 0 Å².